The molecule has 0 saturated carbocycles. The molecule has 1 rings (SSSR count). The van der Waals surface area contributed by atoms with Gasteiger partial charge in [0.25, 0.3) is 0 Å². The van der Waals surface area contributed by atoms with Crippen molar-refractivity contribution in [3.8, 4) is 0 Å². The number of sulfonamides is 1. The first-order chi connectivity index (χ1) is 9.80. The summed E-state index contributed by atoms with van der Waals surface area (Å²) in [7, 11) is -1.57. The molecular weight excluding hydrogens is 286 g/mol. The lowest BCUT2D eigenvalue weighted by Gasteiger charge is -2.17. The fourth-order valence-electron chi connectivity index (χ4n) is 2.30. The van der Waals surface area contributed by atoms with Crippen molar-refractivity contribution in [1.29, 1.82) is 0 Å². The van der Waals surface area contributed by atoms with Crippen molar-refractivity contribution < 1.29 is 8.42 Å². The van der Waals surface area contributed by atoms with Gasteiger partial charge in [-0.1, -0.05) is 27.2 Å². The third kappa shape index (κ3) is 5.45. The fraction of sp³-hybridized carbons (Fsp3) is 0.733. The number of nitrogens with zero attached hydrogens (tertiary/aromatic N) is 1. The number of hydrogen-bond acceptors (Lipinski definition) is 3. The van der Waals surface area contributed by atoms with E-state index in [2.05, 4.69) is 23.9 Å². The SMILES string of the molecule is CCNCc1cc(S(=O)(=O)NC(C)CC(C)CC)cn1C. The Morgan fingerprint density at radius 3 is 2.52 bits per heavy atom. The standard InChI is InChI=1S/C15H29N3O2S/c1-6-12(3)8-13(4)17-21(19,20)15-9-14(10-16-7-2)18(5)11-15/h9,11-13,16-17H,6-8,10H2,1-5H3. The van der Waals surface area contributed by atoms with E-state index in [9.17, 15) is 8.42 Å². The predicted molar refractivity (Wildman–Crippen MR) is 86.6 cm³/mol. The van der Waals surface area contributed by atoms with Crippen molar-refractivity contribution >= 4 is 10.0 Å². The molecule has 0 radical (unpaired) electrons. The zero-order valence-corrected chi connectivity index (χ0v) is 14.6. The first-order valence-electron chi connectivity index (χ1n) is 7.68. The Morgan fingerprint density at radius 1 is 1.29 bits per heavy atom. The second kappa shape index (κ2) is 7.96. The van der Waals surface area contributed by atoms with Crippen LogP contribution in [0.3, 0.4) is 0 Å². The maximum atomic E-state index is 12.4. The Hall–Kier alpha value is -0.850. The van der Waals surface area contributed by atoms with E-state index in [0.717, 1.165) is 25.1 Å². The quantitative estimate of drug-likeness (QED) is 0.734. The van der Waals surface area contributed by atoms with Gasteiger partial charge in [0.1, 0.15) is 0 Å². The fourth-order valence-corrected chi connectivity index (χ4v) is 3.65. The van der Waals surface area contributed by atoms with Crippen LogP contribution in [-0.4, -0.2) is 25.6 Å². The molecule has 122 valence electrons. The highest BCUT2D eigenvalue weighted by Crippen LogP contribution is 2.16. The van der Waals surface area contributed by atoms with E-state index in [1.165, 1.54) is 0 Å². The van der Waals surface area contributed by atoms with E-state index < -0.39 is 10.0 Å². The Bertz CT molecular complexity index is 537. The summed E-state index contributed by atoms with van der Waals surface area (Å²) < 4.78 is 29.4. The summed E-state index contributed by atoms with van der Waals surface area (Å²) in [6, 6.07) is 1.68. The van der Waals surface area contributed by atoms with Crippen LogP contribution in [0.5, 0.6) is 0 Å². The second-order valence-electron chi connectivity index (χ2n) is 5.83. The summed E-state index contributed by atoms with van der Waals surface area (Å²) in [4.78, 5) is 0.342. The van der Waals surface area contributed by atoms with Crippen LogP contribution in [0, 0.1) is 5.92 Å². The van der Waals surface area contributed by atoms with Crippen molar-refractivity contribution in [1.82, 2.24) is 14.6 Å². The van der Waals surface area contributed by atoms with Gasteiger partial charge < -0.3 is 9.88 Å². The molecule has 2 atom stereocenters. The van der Waals surface area contributed by atoms with Gasteiger partial charge in [-0.15, -0.1) is 0 Å². The minimum absolute atomic E-state index is 0.0534. The van der Waals surface area contributed by atoms with Crippen LogP contribution in [0.1, 0.15) is 46.2 Å². The van der Waals surface area contributed by atoms with Gasteiger partial charge in [-0.3, -0.25) is 0 Å². The molecule has 0 saturated heterocycles. The summed E-state index contributed by atoms with van der Waals surface area (Å²) in [5, 5.41) is 3.21. The number of aryl methyl sites for hydroxylation is 1. The highest BCUT2D eigenvalue weighted by Gasteiger charge is 2.20. The molecule has 6 heteroatoms. The predicted octanol–water partition coefficient (Wildman–Crippen LogP) is 2.24. The molecule has 0 aromatic carbocycles. The van der Waals surface area contributed by atoms with Gasteiger partial charge in [0.05, 0.1) is 4.90 Å². The molecule has 0 fully saturated rings. The van der Waals surface area contributed by atoms with E-state index in [4.69, 9.17) is 0 Å². The topological polar surface area (TPSA) is 63.1 Å². The van der Waals surface area contributed by atoms with E-state index in [0.29, 0.717) is 17.4 Å². The molecule has 0 aliphatic carbocycles. The van der Waals surface area contributed by atoms with Crippen molar-refractivity contribution in [2.45, 2.75) is 58.0 Å². The van der Waals surface area contributed by atoms with Gasteiger partial charge in [0, 0.05) is 31.5 Å². The number of rotatable bonds is 9. The van der Waals surface area contributed by atoms with E-state index in [1.54, 1.807) is 12.3 Å². The molecule has 0 spiro atoms. The van der Waals surface area contributed by atoms with Crippen LogP contribution < -0.4 is 10.0 Å². The lowest BCUT2D eigenvalue weighted by molar-refractivity contribution is 0.445. The number of aromatic nitrogens is 1. The normalized spacial score (nSPS) is 15.1. The zero-order chi connectivity index (χ0) is 16.0. The summed E-state index contributed by atoms with van der Waals surface area (Å²) in [5.74, 6) is 0.516. The van der Waals surface area contributed by atoms with Crippen LogP contribution in [-0.2, 0) is 23.6 Å². The molecule has 0 aliphatic rings. The molecule has 1 heterocycles. The highest BCUT2D eigenvalue weighted by molar-refractivity contribution is 7.89. The van der Waals surface area contributed by atoms with Crippen LogP contribution in [0.15, 0.2) is 17.2 Å². The number of nitrogens with one attached hydrogen (secondary N) is 2. The van der Waals surface area contributed by atoms with Gasteiger partial charge in [-0.2, -0.15) is 0 Å². The highest BCUT2D eigenvalue weighted by atomic mass is 32.2. The molecule has 1 aromatic rings. The third-order valence-electron chi connectivity index (χ3n) is 3.76. The van der Waals surface area contributed by atoms with E-state index in [1.807, 2.05) is 25.5 Å². The van der Waals surface area contributed by atoms with Gasteiger partial charge in [0.15, 0.2) is 0 Å². The summed E-state index contributed by atoms with van der Waals surface area (Å²) in [5.41, 5.74) is 0.965. The first kappa shape index (κ1) is 18.2. The van der Waals surface area contributed by atoms with Crippen molar-refractivity contribution in [3.63, 3.8) is 0 Å². The maximum absolute atomic E-state index is 12.4. The Morgan fingerprint density at radius 2 is 1.95 bits per heavy atom. The van der Waals surface area contributed by atoms with E-state index in [-0.39, 0.29) is 6.04 Å². The van der Waals surface area contributed by atoms with E-state index >= 15 is 0 Å². The molecule has 2 N–H and O–H groups in total. The van der Waals surface area contributed by atoms with Gasteiger partial charge in [0.2, 0.25) is 10.0 Å². The Balaban J connectivity index is 2.78. The molecule has 21 heavy (non-hydrogen) atoms. The molecule has 0 aliphatic heterocycles. The summed E-state index contributed by atoms with van der Waals surface area (Å²) in [6.07, 6.45) is 3.59. The minimum Gasteiger partial charge on any atom is -0.352 e. The lowest BCUT2D eigenvalue weighted by Crippen LogP contribution is -2.33. The van der Waals surface area contributed by atoms with Crippen LogP contribution in [0.4, 0.5) is 0 Å². The molecule has 2 unspecified atom stereocenters. The Kier molecular flexibility index (Phi) is 6.90. The molecule has 1 aromatic heterocycles. The largest absolute Gasteiger partial charge is 0.352 e. The maximum Gasteiger partial charge on any atom is 0.242 e. The van der Waals surface area contributed by atoms with Crippen molar-refractivity contribution in [2.75, 3.05) is 6.54 Å². The monoisotopic (exact) mass is 315 g/mol. The summed E-state index contributed by atoms with van der Waals surface area (Å²) >= 11 is 0. The minimum atomic E-state index is -3.44. The third-order valence-corrected chi connectivity index (χ3v) is 5.31. The molecular formula is C15H29N3O2S. The lowest BCUT2D eigenvalue weighted by atomic mass is 10.0. The van der Waals surface area contributed by atoms with Crippen LogP contribution in [0.25, 0.3) is 0 Å². The molecule has 5 nitrogen and oxygen atoms in total. The van der Waals surface area contributed by atoms with Crippen LogP contribution >= 0.6 is 0 Å². The summed E-state index contributed by atoms with van der Waals surface area (Å²) in [6.45, 7) is 9.74. The van der Waals surface area contributed by atoms with Gasteiger partial charge in [-0.25, -0.2) is 13.1 Å². The van der Waals surface area contributed by atoms with Crippen molar-refractivity contribution in [2.24, 2.45) is 13.0 Å². The molecule has 0 amide bonds. The van der Waals surface area contributed by atoms with Gasteiger partial charge in [-0.05, 0) is 31.9 Å². The smallest absolute Gasteiger partial charge is 0.242 e. The Labute approximate surface area is 129 Å². The first-order valence-corrected chi connectivity index (χ1v) is 9.16. The zero-order valence-electron chi connectivity index (χ0n) is 13.8. The second-order valence-corrected chi connectivity index (χ2v) is 7.54. The van der Waals surface area contributed by atoms with Crippen LogP contribution in [0.2, 0.25) is 0 Å². The average Bonchev–Trinajstić information content (AvgIpc) is 2.77. The van der Waals surface area contributed by atoms with Crippen molar-refractivity contribution in [3.05, 3.63) is 18.0 Å². The average molecular weight is 315 g/mol. The number of hydrogen-bond donors (Lipinski definition) is 2. The molecule has 0 bridgehead atoms. The van der Waals surface area contributed by atoms with Gasteiger partial charge >= 0.3 is 0 Å².